The van der Waals surface area contributed by atoms with Gasteiger partial charge >= 0.3 is 0 Å². The van der Waals surface area contributed by atoms with E-state index in [1.165, 1.54) is 0 Å². The normalized spacial score (nSPS) is 20.2. The topological polar surface area (TPSA) is 130 Å². The molecule has 1 heterocycles. The van der Waals surface area contributed by atoms with E-state index >= 15 is 0 Å². The molecule has 1 amide bonds. The first-order valence-electron chi connectivity index (χ1n) is 13.3. The molecule has 0 radical (unpaired) electrons. The average molecular weight is 577 g/mol. The molecule has 39 heavy (non-hydrogen) atoms. The molecule has 0 aromatic heterocycles. The van der Waals surface area contributed by atoms with Crippen molar-refractivity contribution < 1.29 is 22.0 Å². The molecule has 3 rings (SSSR count). The van der Waals surface area contributed by atoms with Crippen molar-refractivity contribution in [2.75, 3.05) is 5.75 Å². The zero-order chi connectivity index (χ0) is 29.2. The van der Waals surface area contributed by atoms with Crippen LogP contribution >= 0.6 is 0 Å². The smallest absolute Gasteiger partial charge is 0.235 e. The Labute approximate surface area is 235 Å². The summed E-state index contributed by atoms with van der Waals surface area (Å²) in [6, 6.07) is 13.3. The van der Waals surface area contributed by atoms with Crippen LogP contribution in [-0.2, 0) is 25.7 Å². The van der Waals surface area contributed by atoms with Gasteiger partial charge in [-0.2, -0.15) is 0 Å². The van der Waals surface area contributed by atoms with E-state index in [0.717, 1.165) is 29.0 Å². The highest BCUT2D eigenvalue weighted by Crippen LogP contribution is 2.37. The van der Waals surface area contributed by atoms with Gasteiger partial charge in [-0.3, -0.25) is 9.00 Å². The van der Waals surface area contributed by atoms with Crippen LogP contribution in [0.2, 0.25) is 0 Å². The van der Waals surface area contributed by atoms with Gasteiger partial charge < -0.3 is 20.1 Å². The van der Waals surface area contributed by atoms with Crippen molar-refractivity contribution in [3.05, 3.63) is 64.9 Å². The third kappa shape index (κ3) is 7.76. The van der Waals surface area contributed by atoms with E-state index in [0.29, 0.717) is 12.8 Å². The van der Waals surface area contributed by atoms with E-state index in [4.69, 9.17) is 0 Å². The lowest BCUT2D eigenvalue weighted by Crippen LogP contribution is -2.62. The summed E-state index contributed by atoms with van der Waals surface area (Å²) in [4.78, 5) is 13.1. The Morgan fingerprint density at radius 1 is 1.03 bits per heavy atom. The van der Waals surface area contributed by atoms with E-state index in [9.17, 15) is 27.2 Å². The van der Waals surface area contributed by atoms with E-state index in [2.05, 4.69) is 19.2 Å². The summed E-state index contributed by atoms with van der Waals surface area (Å²) in [5, 5.41) is 16.5. The molecule has 1 saturated heterocycles. The highest BCUT2D eigenvalue weighted by atomic mass is 32.2. The highest BCUT2D eigenvalue weighted by Gasteiger charge is 2.40. The number of piperidine rings is 1. The van der Waals surface area contributed by atoms with Crippen LogP contribution in [0.5, 0.6) is 0 Å². The third-order valence-corrected chi connectivity index (χ3v) is 10.1. The Morgan fingerprint density at radius 3 is 2.03 bits per heavy atom. The minimum Gasteiger partial charge on any atom is -0.784 e. The van der Waals surface area contributed by atoms with E-state index in [-0.39, 0.29) is 27.7 Å². The summed E-state index contributed by atoms with van der Waals surface area (Å²) < 4.78 is 48.3. The van der Waals surface area contributed by atoms with Gasteiger partial charge in [0.05, 0.1) is 4.90 Å². The Morgan fingerprint density at radius 2 is 1.54 bits per heavy atom. The first-order valence-corrected chi connectivity index (χ1v) is 16.1. The van der Waals surface area contributed by atoms with Gasteiger partial charge in [-0.25, -0.2) is 8.42 Å². The molecule has 0 spiro atoms. The maximum absolute atomic E-state index is 13.0. The van der Waals surface area contributed by atoms with Gasteiger partial charge in [-0.15, -0.1) is 0 Å². The number of hydrogen-bond donors (Lipinski definition) is 1. The number of benzene rings is 2. The third-order valence-electron chi connectivity index (χ3n) is 7.76. The number of nitrogens with zero attached hydrogens (tertiary/aromatic N) is 1. The molecule has 1 aliphatic rings. The number of hydrogen-bond acceptors (Lipinski definition) is 7. The molecule has 3 unspecified atom stereocenters. The van der Waals surface area contributed by atoms with Crippen molar-refractivity contribution in [3.8, 4) is 0 Å². The fraction of sp³-hybridized carbons (Fsp3) is 0.552. The molecular formula is C29H40N2O6S2-2. The number of carbonyl (C=O) groups is 1. The van der Waals surface area contributed by atoms with Crippen molar-refractivity contribution in [3.63, 3.8) is 0 Å². The van der Waals surface area contributed by atoms with Crippen molar-refractivity contribution in [2.24, 2.45) is 0 Å². The van der Waals surface area contributed by atoms with Gasteiger partial charge in [0.25, 0.3) is 0 Å². The van der Waals surface area contributed by atoms with E-state index in [1.807, 2.05) is 39.8 Å². The molecule has 2 aromatic rings. The van der Waals surface area contributed by atoms with Crippen LogP contribution in [0.4, 0.5) is 0 Å². The average Bonchev–Trinajstić information content (AvgIpc) is 2.85. The summed E-state index contributed by atoms with van der Waals surface area (Å²) in [6.45, 7) is 11.5. The summed E-state index contributed by atoms with van der Waals surface area (Å²) in [6.07, 6.45) is 2.59. The predicted molar refractivity (Wildman–Crippen MR) is 153 cm³/mol. The largest absolute Gasteiger partial charge is 0.784 e. The molecule has 10 heteroatoms. The second kappa shape index (κ2) is 12.2. The molecule has 0 bridgehead atoms. The molecule has 0 aliphatic carbocycles. The number of sulfone groups is 1. The number of carbonyl (C=O) groups excluding carboxylic acids is 1. The maximum Gasteiger partial charge on any atom is 0.235 e. The number of rotatable bonds is 10. The van der Waals surface area contributed by atoms with Gasteiger partial charge in [0.2, 0.25) is 5.91 Å². The zero-order valence-corrected chi connectivity index (χ0v) is 25.2. The fourth-order valence-electron chi connectivity index (χ4n) is 5.85. The maximum atomic E-state index is 13.0. The second-order valence-electron chi connectivity index (χ2n) is 12.0. The molecule has 1 N–H and O–H groups in total. The molecule has 1 fully saturated rings. The number of nitrogens with one attached hydrogen (secondary N) is 1. The van der Waals surface area contributed by atoms with Gasteiger partial charge in [-0.1, -0.05) is 38.1 Å². The van der Waals surface area contributed by atoms with Crippen molar-refractivity contribution in [1.29, 1.82) is 0 Å². The first-order chi connectivity index (χ1) is 18.1. The predicted octanol–water partition coefficient (Wildman–Crippen LogP) is 5.02. The van der Waals surface area contributed by atoms with Crippen molar-refractivity contribution in [2.45, 2.75) is 106 Å². The lowest BCUT2D eigenvalue weighted by atomic mass is 9.79. The summed E-state index contributed by atoms with van der Waals surface area (Å²) in [7, 11) is -3.84. The lowest BCUT2D eigenvalue weighted by molar-refractivity contribution is -0.120. The van der Waals surface area contributed by atoms with Crippen LogP contribution in [0, 0.1) is 5.21 Å². The Kier molecular flexibility index (Phi) is 9.81. The first kappa shape index (κ1) is 31.4. The fourth-order valence-corrected chi connectivity index (χ4v) is 7.35. The zero-order valence-electron chi connectivity index (χ0n) is 23.6. The van der Waals surface area contributed by atoms with Gasteiger partial charge in [-0.05, 0) is 112 Å². The minimum atomic E-state index is -3.84. The number of amides is 1. The standard InChI is InChI=1S/C29H41N2O6S2/c1-7-21(23-8-12-25(13-9-23)38(34)35)16-20(2)22-10-14-26(15-11-22)39(36,37)19-27(32)30-24-17-28(3,4)31(33)29(5,6)18-24/h8-15,20-21,24H,7,16-19H2,1-6H3,(H,30,32)(H,34,35)/q-1/p-1. The quantitative estimate of drug-likeness (QED) is 0.393. The lowest BCUT2D eigenvalue weighted by Gasteiger charge is -2.60. The molecular weight excluding hydrogens is 536 g/mol. The van der Waals surface area contributed by atoms with E-state index < -0.39 is 43.7 Å². The van der Waals surface area contributed by atoms with Gasteiger partial charge in [0, 0.05) is 22.0 Å². The molecule has 216 valence electrons. The molecule has 8 nitrogen and oxygen atoms in total. The van der Waals surface area contributed by atoms with Crippen LogP contribution in [0.15, 0.2) is 58.3 Å². The van der Waals surface area contributed by atoms with Crippen molar-refractivity contribution >= 4 is 26.8 Å². The molecule has 1 aliphatic heterocycles. The van der Waals surface area contributed by atoms with Gasteiger partial charge in [0.1, 0.15) is 5.75 Å². The molecule has 2 aromatic carbocycles. The highest BCUT2D eigenvalue weighted by molar-refractivity contribution is 7.92. The summed E-state index contributed by atoms with van der Waals surface area (Å²) in [5.74, 6) is -0.852. The Hall–Kier alpha value is -2.11. The van der Waals surface area contributed by atoms with Crippen LogP contribution in [0.1, 0.15) is 90.2 Å². The molecule has 0 saturated carbocycles. The van der Waals surface area contributed by atoms with Gasteiger partial charge in [0.15, 0.2) is 9.84 Å². The van der Waals surface area contributed by atoms with Crippen LogP contribution in [0.3, 0.4) is 0 Å². The number of hydroxylamine groups is 2. The SMILES string of the molecule is CCC(CC(C)c1ccc(S(=O)(=O)CC(=O)NC2CC(C)(C)N([O-])C(C)(C)C2)cc1)c1ccc(S(=O)[O-])cc1. The second-order valence-corrected chi connectivity index (χ2v) is 14.9. The Balaban J connectivity index is 1.63. The van der Waals surface area contributed by atoms with Crippen LogP contribution in [-0.4, -0.2) is 51.0 Å². The van der Waals surface area contributed by atoms with Crippen LogP contribution in [0.25, 0.3) is 0 Å². The van der Waals surface area contributed by atoms with Crippen molar-refractivity contribution in [1.82, 2.24) is 10.4 Å². The Bertz CT molecular complexity index is 1260. The summed E-state index contributed by atoms with van der Waals surface area (Å²) >= 11 is -2.25. The van der Waals surface area contributed by atoms with E-state index in [1.54, 1.807) is 36.4 Å². The molecule has 3 atom stereocenters. The van der Waals surface area contributed by atoms with Crippen LogP contribution < -0.4 is 5.32 Å². The summed E-state index contributed by atoms with van der Waals surface area (Å²) in [5.41, 5.74) is 0.727. The minimum absolute atomic E-state index is 0.0943. The monoisotopic (exact) mass is 576 g/mol.